The Morgan fingerprint density at radius 3 is 2.71 bits per heavy atom. The van der Waals surface area contributed by atoms with Crippen molar-refractivity contribution in [3.63, 3.8) is 0 Å². The van der Waals surface area contributed by atoms with E-state index in [9.17, 15) is 4.39 Å². The summed E-state index contributed by atoms with van der Waals surface area (Å²) in [5, 5.41) is 7.66. The molecular formula is C27H28FN7. The molecule has 7 nitrogen and oxygen atoms in total. The first-order chi connectivity index (χ1) is 17.2. The normalized spacial score (nSPS) is 16.0. The summed E-state index contributed by atoms with van der Waals surface area (Å²) in [7, 11) is 0. The van der Waals surface area contributed by atoms with Gasteiger partial charge in [-0.3, -0.25) is 4.98 Å². The minimum absolute atomic E-state index is 0.293. The van der Waals surface area contributed by atoms with Crippen molar-refractivity contribution < 1.29 is 4.39 Å². The molecule has 178 valence electrons. The predicted octanol–water partition coefficient (Wildman–Crippen LogP) is 4.82. The Bertz CT molecular complexity index is 1380. The fraction of sp³-hybridized carbons (Fsp3) is 0.333. The van der Waals surface area contributed by atoms with E-state index in [4.69, 9.17) is 9.97 Å². The minimum atomic E-state index is -0.293. The lowest BCUT2D eigenvalue weighted by atomic mass is 10.1. The van der Waals surface area contributed by atoms with Crippen LogP contribution < -0.4 is 15.5 Å². The van der Waals surface area contributed by atoms with E-state index in [0.29, 0.717) is 23.2 Å². The first-order valence-corrected chi connectivity index (χ1v) is 12.3. The largest absolute Gasteiger partial charge is 0.353 e. The molecule has 4 heterocycles. The third-order valence-corrected chi connectivity index (χ3v) is 6.77. The molecule has 8 heteroatoms. The van der Waals surface area contributed by atoms with E-state index in [-0.39, 0.29) is 5.82 Å². The second kappa shape index (κ2) is 9.19. The fourth-order valence-electron chi connectivity index (χ4n) is 4.68. The Morgan fingerprint density at radius 1 is 1.09 bits per heavy atom. The SMILES string of the molecule is CCc1ccc(Nc2cc(-c3nc(N4CCNCC4)c4c(C5CC5)cncc4n3)ccn2)c(F)c1. The van der Waals surface area contributed by atoms with Gasteiger partial charge in [0.25, 0.3) is 0 Å². The zero-order valence-corrected chi connectivity index (χ0v) is 19.8. The lowest BCUT2D eigenvalue weighted by molar-refractivity contribution is 0.586. The van der Waals surface area contributed by atoms with Crippen LogP contribution in [0.1, 0.15) is 36.8 Å². The minimum Gasteiger partial charge on any atom is -0.353 e. The van der Waals surface area contributed by atoms with E-state index in [1.165, 1.54) is 18.4 Å². The second-order valence-corrected chi connectivity index (χ2v) is 9.23. The molecule has 2 N–H and O–H groups in total. The summed E-state index contributed by atoms with van der Waals surface area (Å²) in [6.45, 7) is 5.66. The molecular weight excluding hydrogens is 441 g/mol. The monoisotopic (exact) mass is 469 g/mol. The number of rotatable bonds is 6. The molecule has 0 spiro atoms. The molecule has 1 saturated heterocycles. The van der Waals surface area contributed by atoms with Crippen LogP contribution in [0.25, 0.3) is 22.3 Å². The van der Waals surface area contributed by atoms with Gasteiger partial charge in [-0.1, -0.05) is 13.0 Å². The van der Waals surface area contributed by atoms with Crippen LogP contribution in [0, 0.1) is 5.82 Å². The topological polar surface area (TPSA) is 78.9 Å². The summed E-state index contributed by atoms with van der Waals surface area (Å²) >= 11 is 0. The fourth-order valence-corrected chi connectivity index (χ4v) is 4.68. The van der Waals surface area contributed by atoms with Crippen molar-refractivity contribution in [2.75, 3.05) is 36.4 Å². The van der Waals surface area contributed by atoms with Crippen LogP contribution in [-0.2, 0) is 6.42 Å². The number of anilines is 3. The lowest BCUT2D eigenvalue weighted by Crippen LogP contribution is -2.44. The number of aromatic nitrogens is 4. The Kier molecular flexibility index (Phi) is 5.74. The first-order valence-electron chi connectivity index (χ1n) is 12.3. The molecule has 0 radical (unpaired) electrons. The van der Waals surface area contributed by atoms with Gasteiger partial charge >= 0.3 is 0 Å². The maximum Gasteiger partial charge on any atom is 0.162 e. The Labute approximate surface area is 203 Å². The van der Waals surface area contributed by atoms with Crippen molar-refractivity contribution >= 4 is 28.2 Å². The molecule has 0 unspecified atom stereocenters. The number of piperazine rings is 1. The van der Waals surface area contributed by atoms with Gasteiger partial charge in [0.05, 0.1) is 17.4 Å². The number of nitrogens with one attached hydrogen (secondary N) is 2. The van der Waals surface area contributed by atoms with E-state index in [0.717, 1.165) is 60.4 Å². The summed E-state index contributed by atoms with van der Waals surface area (Å²) in [5.74, 6) is 2.39. The standard InChI is InChI=1S/C27H28FN7/c1-2-17-3-6-22(21(28)13-17)32-24-14-19(7-8-31-24)26-33-23-16-30-15-20(18-4-5-18)25(23)27(34-26)35-11-9-29-10-12-35/h3,6-8,13-16,18,29H,2,4-5,9-12H2,1H3,(H,31,32). The molecule has 0 atom stereocenters. The van der Waals surface area contributed by atoms with Gasteiger partial charge in [0.15, 0.2) is 5.82 Å². The van der Waals surface area contributed by atoms with Crippen molar-refractivity contribution in [3.8, 4) is 11.4 Å². The molecule has 2 fully saturated rings. The highest BCUT2D eigenvalue weighted by Gasteiger charge is 2.29. The number of benzene rings is 1. The number of nitrogens with zero attached hydrogens (tertiary/aromatic N) is 5. The van der Waals surface area contributed by atoms with Crippen LogP contribution in [0.5, 0.6) is 0 Å². The predicted molar refractivity (Wildman–Crippen MR) is 137 cm³/mol. The Balaban J connectivity index is 1.41. The van der Waals surface area contributed by atoms with Crippen LogP contribution in [0.4, 0.5) is 21.7 Å². The van der Waals surface area contributed by atoms with E-state index in [1.807, 2.05) is 37.5 Å². The second-order valence-electron chi connectivity index (χ2n) is 9.23. The summed E-state index contributed by atoms with van der Waals surface area (Å²) in [5.41, 5.74) is 4.29. The zero-order valence-electron chi connectivity index (χ0n) is 19.8. The van der Waals surface area contributed by atoms with E-state index in [2.05, 4.69) is 25.5 Å². The van der Waals surface area contributed by atoms with Gasteiger partial charge in [0.2, 0.25) is 0 Å². The van der Waals surface area contributed by atoms with E-state index >= 15 is 0 Å². The molecule has 3 aromatic heterocycles. The van der Waals surface area contributed by atoms with Crippen LogP contribution >= 0.6 is 0 Å². The quantitative estimate of drug-likeness (QED) is 0.419. The molecule has 2 aliphatic rings. The van der Waals surface area contributed by atoms with E-state index in [1.54, 1.807) is 18.3 Å². The van der Waals surface area contributed by atoms with Gasteiger partial charge in [0, 0.05) is 49.5 Å². The summed E-state index contributed by atoms with van der Waals surface area (Å²) in [4.78, 5) is 21.3. The molecule has 4 aromatic rings. The van der Waals surface area contributed by atoms with Gasteiger partial charge in [0.1, 0.15) is 17.5 Å². The molecule has 0 amide bonds. The number of pyridine rings is 2. The van der Waals surface area contributed by atoms with Gasteiger partial charge in [-0.25, -0.2) is 19.3 Å². The molecule has 1 aromatic carbocycles. The third-order valence-electron chi connectivity index (χ3n) is 6.77. The maximum absolute atomic E-state index is 14.6. The van der Waals surface area contributed by atoms with Crippen molar-refractivity contribution in [2.24, 2.45) is 0 Å². The maximum atomic E-state index is 14.6. The van der Waals surface area contributed by atoms with Gasteiger partial charge in [-0.15, -0.1) is 0 Å². The van der Waals surface area contributed by atoms with Crippen molar-refractivity contribution in [1.29, 1.82) is 0 Å². The van der Waals surface area contributed by atoms with Gasteiger partial charge in [-0.2, -0.15) is 0 Å². The molecule has 6 rings (SSSR count). The first kappa shape index (κ1) is 21.9. The van der Waals surface area contributed by atoms with Crippen LogP contribution in [0.3, 0.4) is 0 Å². The third kappa shape index (κ3) is 4.41. The highest BCUT2D eigenvalue weighted by Crippen LogP contribution is 2.44. The average molecular weight is 470 g/mol. The summed E-state index contributed by atoms with van der Waals surface area (Å²) < 4.78 is 14.6. The Morgan fingerprint density at radius 2 is 1.94 bits per heavy atom. The van der Waals surface area contributed by atoms with Crippen LogP contribution in [-0.4, -0.2) is 46.1 Å². The van der Waals surface area contributed by atoms with Gasteiger partial charge in [-0.05, 0) is 60.6 Å². The summed E-state index contributed by atoms with van der Waals surface area (Å²) in [6.07, 6.45) is 8.70. The van der Waals surface area contributed by atoms with Crippen molar-refractivity contribution in [1.82, 2.24) is 25.3 Å². The molecule has 1 saturated carbocycles. The zero-order chi connectivity index (χ0) is 23.8. The molecule has 0 bridgehead atoms. The van der Waals surface area contributed by atoms with Crippen LogP contribution in [0.15, 0.2) is 48.9 Å². The Hall–Kier alpha value is -3.65. The molecule has 1 aliphatic carbocycles. The number of aryl methyl sites for hydroxylation is 1. The van der Waals surface area contributed by atoms with Crippen molar-refractivity contribution in [3.05, 3.63) is 65.9 Å². The van der Waals surface area contributed by atoms with Crippen molar-refractivity contribution in [2.45, 2.75) is 32.1 Å². The highest BCUT2D eigenvalue weighted by molar-refractivity contribution is 5.94. The number of hydrogen-bond acceptors (Lipinski definition) is 7. The number of fused-ring (bicyclic) bond motifs is 1. The molecule has 1 aliphatic heterocycles. The lowest BCUT2D eigenvalue weighted by Gasteiger charge is -2.30. The summed E-state index contributed by atoms with van der Waals surface area (Å²) in [6, 6.07) is 8.99. The average Bonchev–Trinajstić information content (AvgIpc) is 3.75. The molecule has 35 heavy (non-hydrogen) atoms. The van der Waals surface area contributed by atoms with Gasteiger partial charge < -0.3 is 15.5 Å². The highest BCUT2D eigenvalue weighted by atomic mass is 19.1. The smallest absolute Gasteiger partial charge is 0.162 e. The van der Waals surface area contributed by atoms with E-state index < -0.39 is 0 Å². The van der Waals surface area contributed by atoms with Crippen LogP contribution in [0.2, 0.25) is 0 Å². The number of halogens is 1. The number of hydrogen-bond donors (Lipinski definition) is 2.